The van der Waals surface area contributed by atoms with Gasteiger partial charge in [-0.25, -0.2) is 0 Å². The van der Waals surface area contributed by atoms with Gasteiger partial charge in [0.05, 0.1) is 17.8 Å². The van der Waals surface area contributed by atoms with Crippen molar-refractivity contribution in [3.8, 4) is 0 Å². The van der Waals surface area contributed by atoms with Gasteiger partial charge in [0.25, 0.3) is 5.91 Å². The average molecular weight is 273 g/mol. The maximum Gasteiger partial charge on any atom is 0.303 e. The van der Waals surface area contributed by atoms with Gasteiger partial charge in [-0.15, -0.1) is 0 Å². The predicted molar refractivity (Wildman–Crippen MR) is 72.1 cm³/mol. The molecule has 0 spiro atoms. The number of H-pyrrole nitrogens is 1. The third-order valence-electron chi connectivity index (χ3n) is 2.91. The maximum atomic E-state index is 12.0. The second-order valence-corrected chi connectivity index (χ2v) is 4.36. The third-order valence-corrected chi connectivity index (χ3v) is 2.91. The molecule has 0 radical (unpaired) electrons. The van der Waals surface area contributed by atoms with E-state index in [0.717, 1.165) is 5.56 Å². The van der Waals surface area contributed by atoms with Crippen LogP contribution in [0.15, 0.2) is 42.7 Å². The molecule has 3 N–H and O–H groups in total. The smallest absolute Gasteiger partial charge is 0.303 e. The van der Waals surface area contributed by atoms with Crippen molar-refractivity contribution < 1.29 is 14.7 Å². The summed E-state index contributed by atoms with van der Waals surface area (Å²) in [5, 5.41) is 17.9. The van der Waals surface area contributed by atoms with Crippen LogP contribution in [-0.2, 0) is 4.79 Å². The Morgan fingerprint density at radius 3 is 2.65 bits per heavy atom. The number of benzene rings is 1. The zero-order chi connectivity index (χ0) is 14.4. The summed E-state index contributed by atoms with van der Waals surface area (Å²) in [6.07, 6.45) is 3.25. The minimum atomic E-state index is -0.886. The highest BCUT2D eigenvalue weighted by Crippen LogP contribution is 2.18. The van der Waals surface area contributed by atoms with Gasteiger partial charge in [0.15, 0.2) is 0 Å². The molecule has 0 aliphatic rings. The van der Waals surface area contributed by atoms with Gasteiger partial charge in [0.1, 0.15) is 0 Å². The Labute approximate surface area is 115 Å². The number of amides is 1. The zero-order valence-corrected chi connectivity index (χ0v) is 10.7. The summed E-state index contributed by atoms with van der Waals surface area (Å²) in [5.74, 6) is -1.17. The molecule has 2 aromatic rings. The summed E-state index contributed by atoms with van der Waals surface area (Å²) in [6.45, 7) is 0. The number of aliphatic carboxylic acids is 1. The highest BCUT2D eigenvalue weighted by Gasteiger charge is 2.17. The first-order valence-electron chi connectivity index (χ1n) is 6.23. The molecule has 0 fully saturated rings. The van der Waals surface area contributed by atoms with Gasteiger partial charge in [-0.2, -0.15) is 5.10 Å². The third kappa shape index (κ3) is 3.68. The fourth-order valence-corrected chi connectivity index (χ4v) is 1.89. The number of hydrogen-bond acceptors (Lipinski definition) is 3. The van der Waals surface area contributed by atoms with E-state index in [-0.39, 0.29) is 18.4 Å². The van der Waals surface area contributed by atoms with Crippen molar-refractivity contribution in [1.29, 1.82) is 0 Å². The van der Waals surface area contributed by atoms with E-state index in [4.69, 9.17) is 5.11 Å². The molecular formula is C14H15N3O3. The molecule has 104 valence electrons. The highest BCUT2D eigenvalue weighted by molar-refractivity contribution is 5.93. The first-order valence-corrected chi connectivity index (χ1v) is 6.23. The molecule has 1 aromatic carbocycles. The van der Waals surface area contributed by atoms with Gasteiger partial charge in [-0.3, -0.25) is 14.7 Å². The predicted octanol–water partition coefficient (Wildman–Crippen LogP) is 1.75. The van der Waals surface area contributed by atoms with Crippen molar-refractivity contribution in [2.45, 2.75) is 18.9 Å². The molecule has 1 heterocycles. The van der Waals surface area contributed by atoms with E-state index in [2.05, 4.69) is 15.5 Å². The second kappa shape index (κ2) is 6.51. The number of aromatic nitrogens is 2. The number of nitrogens with zero attached hydrogens (tertiary/aromatic N) is 1. The second-order valence-electron chi connectivity index (χ2n) is 4.36. The molecule has 0 saturated carbocycles. The lowest BCUT2D eigenvalue weighted by Crippen LogP contribution is -2.28. The molecule has 2 rings (SSSR count). The molecular weight excluding hydrogens is 258 g/mol. The van der Waals surface area contributed by atoms with Gasteiger partial charge in [0, 0.05) is 12.6 Å². The topological polar surface area (TPSA) is 95.1 Å². The van der Waals surface area contributed by atoms with Crippen LogP contribution in [0.4, 0.5) is 0 Å². The monoisotopic (exact) mass is 273 g/mol. The van der Waals surface area contributed by atoms with Gasteiger partial charge in [-0.05, 0) is 12.0 Å². The molecule has 1 amide bonds. The van der Waals surface area contributed by atoms with Crippen LogP contribution < -0.4 is 5.32 Å². The van der Waals surface area contributed by atoms with Crippen molar-refractivity contribution in [1.82, 2.24) is 15.5 Å². The SMILES string of the molecule is O=C(O)CCC(NC(=O)c1cn[nH]c1)c1ccccc1. The van der Waals surface area contributed by atoms with Crippen molar-refractivity contribution in [3.05, 3.63) is 53.9 Å². The van der Waals surface area contributed by atoms with Crippen LogP contribution in [0.2, 0.25) is 0 Å². The number of nitrogens with one attached hydrogen (secondary N) is 2. The standard InChI is InChI=1S/C14H15N3O3/c18-13(19)7-6-12(10-4-2-1-3-5-10)17-14(20)11-8-15-16-9-11/h1-5,8-9,12H,6-7H2,(H,15,16)(H,17,20)(H,18,19). The zero-order valence-electron chi connectivity index (χ0n) is 10.7. The van der Waals surface area contributed by atoms with Gasteiger partial charge < -0.3 is 10.4 Å². The lowest BCUT2D eigenvalue weighted by atomic mass is 10.0. The van der Waals surface area contributed by atoms with E-state index in [0.29, 0.717) is 12.0 Å². The summed E-state index contributed by atoms with van der Waals surface area (Å²) < 4.78 is 0. The average Bonchev–Trinajstić information content (AvgIpc) is 2.98. The normalized spacial score (nSPS) is 11.8. The number of rotatable bonds is 6. The van der Waals surface area contributed by atoms with E-state index in [1.165, 1.54) is 12.4 Å². The van der Waals surface area contributed by atoms with Crippen molar-refractivity contribution in [2.75, 3.05) is 0 Å². The number of aromatic amines is 1. The molecule has 1 atom stereocenters. The minimum absolute atomic E-state index is 0.00870. The minimum Gasteiger partial charge on any atom is -0.481 e. The largest absolute Gasteiger partial charge is 0.481 e. The molecule has 0 aliphatic heterocycles. The lowest BCUT2D eigenvalue weighted by molar-refractivity contribution is -0.137. The number of hydrogen-bond donors (Lipinski definition) is 3. The summed E-state index contributed by atoms with van der Waals surface area (Å²) in [4.78, 5) is 22.7. The Morgan fingerprint density at radius 2 is 2.05 bits per heavy atom. The fourth-order valence-electron chi connectivity index (χ4n) is 1.89. The van der Waals surface area contributed by atoms with Crippen molar-refractivity contribution in [2.24, 2.45) is 0 Å². The molecule has 6 nitrogen and oxygen atoms in total. The van der Waals surface area contributed by atoms with Crippen LogP contribution in [0.3, 0.4) is 0 Å². The van der Waals surface area contributed by atoms with Gasteiger partial charge in [-0.1, -0.05) is 30.3 Å². The van der Waals surface area contributed by atoms with Crippen LogP contribution in [-0.4, -0.2) is 27.2 Å². The Balaban J connectivity index is 2.10. The molecule has 1 unspecified atom stereocenters. The van der Waals surface area contributed by atoms with E-state index in [1.54, 1.807) is 0 Å². The lowest BCUT2D eigenvalue weighted by Gasteiger charge is -2.18. The van der Waals surface area contributed by atoms with Crippen LogP contribution >= 0.6 is 0 Å². The molecule has 0 bridgehead atoms. The van der Waals surface area contributed by atoms with Crippen molar-refractivity contribution in [3.63, 3.8) is 0 Å². The molecule has 0 aliphatic carbocycles. The first-order chi connectivity index (χ1) is 9.66. The van der Waals surface area contributed by atoms with Crippen LogP contribution in [0, 0.1) is 0 Å². The van der Waals surface area contributed by atoms with Crippen LogP contribution in [0.1, 0.15) is 34.8 Å². The Morgan fingerprint density at radius 1 is 1.30 bits per heavy atom. The van der Waals surface area contributed by atoms with E-state index in [1.807, 2.05) is 30.3 Å². The molecule has 0 saturated heterocycles. The fraction of sp³-hybridized carbons (Fsp3) is 0.214. The number of carbonyl (C=O) groups excluding carboxylic acids is 1. The highest BCUT2D eigenvalue weighted by atomic mass is 16.4. The number of carboxylic acid groups (broad SMARTS) is 1. The number of carbonyl (C=O) groups is 2. The van der Waals surface area contributed by atoms with Gasteiger partial charge in [0.2, 0.25) is 0 Å². The Bertz CT molecular complexity index is 567. The van der Waals surface area contributed by atoms with Crippen molar-refractivity contribution >= 4 is 11.9 Å². The van der Waals surface area contributed by atoms with Crippen LogP contribution in [0.25, 0.3) is 0 Å². The summed E-state index contributed by atoms with van der Waals surface area (Å²) in [6, 6.07) is 8.97. The first kappa shape index (κ1) is 13.8. The summed E-state index contributed by atoms with van der Waals surface area (Å²) in [7, 11) is 0. The van der Waals surface area contributed by atoms with Gasteiger partial charge >= 0.3 is 5.97 Å². The van der Waals surface area contributed by atoms with E-state index >= 15 is 0 Å². The molecule has 20 heavy (non-hydrogen) atoms. The summed E-state index contributed by atoms with van der Waals surface area (Å²) in [5.41, 5.74) is 1.30. The van der Waals surface area contributed by atoms with E-state index < -0.39 is 5.97 Å². The Hall–Kier alpha value is -2.63. The summed E-state index contributed by atoms with van der Waals surface area (Å²) >= 11 is 0. The van der Waals surface area contributed by atoms with Crippen LogP contribution in [0.5, 0.6) is 0 Å². The molecule has 1 aromatic heterocycles. The Kier molecular flexibility index (Phi) is 4.49. The van der Waals surface area contributed by atoms with E-state index in [9.17, 15) is 9.59 Å². The maximum absolute atomic E-state index is 12.0. The number of carboxylic acids is 1. The quantitative estimate of drug-likeness (QED) is 0.747. The molecule has 6 heteroatoms.